The number of nitrogens with one attached hydrogen (secondary N) is 1. The van der Waals surface area contributed by atoms with E-state index in [2.05, 4.69) is 21.2 Å². The molecule has 0 saturated carbocycles. The number of hydrogen-bond acceptors (Lipinski definition) is 4. The number of methoxy groups -OCH3 is 1. The van der Waals surface area contributed by atoms with Gasteiger partial charge in [-0.1, -0.05) is 22.0 Å². The molecule has 0 bridgehead atoms. The largest absolute Gasteiger partial charge is 0.497 e. The average Bonchev–Trinajstić information content (AvgIpc) is 2.74. The maximum Gasteiger partial charge on any atom is 0.255 e. The Balaban J connectivity index is 1.66. The summed E-state index contributed by atoms with van der Waals surface area (Å²) < 4.78 is 11.8. The number of Topliss-reactive ketones (excluding diaryl/α,β-unsaturated/α-hetero) is 1. The molecule has 148 valence electrons. The van der Waals surface area contributed by atoms with Crippen LogP contribution in [0.25, 0.3) is 0 Å². The third-order valence-corrected chi connectivity index (χ3v) is 4.78. The predicted molar refractivity (Wildman–Crippen MR) is 116 cm³/mol. The highest BCUT2D eigenvalue weighted by Crippen LogP contribution is 2.21. The zero-order chi connectivity index (χ0) is 20.8. The van der Waals surface area contributed by atoms with Crippen LogP contribution in [0.2, 0.25) is 0 Å². The zero-order valence-electron chi connectivity index (χ0n) is 16.0. The number of rotatable bonds is 7. The fraction of sp³-hybridized carbons (Fsp3) is 0.130. The van der Waals surface area contributed by atoms with Crippen molar-refractivity contribution in [2.45, 2.75) is 13.0 Å². The van der Waals surface area contributed by atoms with E-state index in [1.54, 1.807) is 86.8 Å². The lowest BCUT2D eigenvalue weighted by Gasteiger charge is -2.15. The Hall–Kier alpha value is -3.12. The first kappa shape index (κ1) is 20.6. The maximum atomic E-state index is 12.6. The van der Waals surface area contributed by atoms with Gasteiger partial charge in [0.05, 0.1) is 7.11 Å². The van der Waals surface area contributed by atoms with Gasteiger partial charge in [0.25, 0.3) is 5.91 Å². The molecule has 1 atom stereocenters. The van der Waals surface area contributed by atoms with Crippen molar-refractivity contribution in [2.24, 2.45) is 0 Å². The summed E-state index contributed by atoms with van der Waals surface area (Å²) in [5.74, 6) is 0.811. The Bertz CT molecular complexity index is 1000. The van der Waals surface area contributed by atoms with Crippen molar-refractivity contribution in [3.05, 3.63) is 88.4 Å². The van der Waals surface area contributed by atoms with Crippen molar-refractivity contribution in [1.29, 1.82) is 0 Å². The lowest BCUT2D eigenvalue weighted by Crippen LogP contribution is -2.24. The van der Waals surface area contributed by atoms with Gasteiger partial charge in [-0.05, 0) is 67.6 Å². The molecule has 1 amide bonds. The molecule has 1 N–H and O–H groups in total. The molecule has 1 unspecified atom stereocenters. The van der Waals surface area contributed by atoms with Crippen LogP contribution in [0.15, 0.2) is 77.3 Å². The van der Waals surface area contributed by atoms with E-state index in [9.17, 15) is 9.59 Å². The van der Waals surface area contributed by atoms with Gasteiger partial charge in [0, 0.05) is 27.4 Å². The second-order valence-electron chi connectivity index (χ2n) is 6.34. The molecule has 0 radical (unpaired) electrons. The van der Waals surface area contributed by atoms with Gasteiger partial charge in [0.15, 0.2) is 6.10 Å². The molecule has 0 aliphatic rings. The van der Waals surface area contributed by atoms with Crippen molar-refractivity contribution in [2.75, 3.05) is 12.4 Å². The molecular formula is C23H20BrNO4. The van der Waals surface area contributed by atoms with Gasteiger partial charge < -0.3 is 14.8 Å². The molecule has 6 heteroatoms. The van der Waals surface area contributed by atoms with Crippen LogP contribution in [-0.2, 0) is 0 Å². The highest BCUT2D eigenvalue weighted by molar-refractivity contribution is 9.10. The first-order valence-electron chi connectivity index (χ1n) is 8.98. The third kappa shape index (κ3) is 5.45. The standard InChI is InChI=1S/C23H20BrNO4/c1-15(22(26)16-8-12-20(28-2)13-9-16)29-21-5-3-4-19(14-21)25-23(27)17-6-10-18(24)11-7-17/h3-15H,1-2H3,(H,25,27). The summed E-state index contributed by atoms with van der Waals surface area (Å²) in [7, 11) is 1.57. The molecule has 0 aliphatic heterocycles. The minimum Gasteiger partial charge on any atom is -0.497 e. The number of anilines is 1. The smallest absolute Gasteiger partial charge is 0.255 e. The molecule has 3 aromatic rings. The molecule has 0 aliphatic carbocycles. The number of carbonyl (C=O) groups excluding carboxylic acids is 2. The summed E-state index contributed by atoms with van der Waals surface area (Å²) >= 11 is 3.35. The van der Waals surface area contributed by atoms with Gasteiger partial charge in [-0.15, -0.1) is 0 Å². The van der Waals surface area contributed by atoms with Crippen LogP contribution >= 0.6 is 15.9 Å². The molecule has 29 heavy (non-hydrogen) atoms. The molecule has 0 heterocycles. The summed E-state index contributed by atoms with van der Waals surface area (Å²) in [5, 5.41) is 2.83. The molecule has 3 aromatic carbocycles. The number of ketones is 1. The maximum absolute atomic E-state index is 12.6. The topological polar surface area (TPSA) is 64.6 Å². The summed E-state index contributed by atoms with van der Waals surface area (Å²) in [4.78, 5) is 25.0. The fourth-order valence-corrected chi connectivity index (χ4v) is 2.96. The summed E-state index contributed by atoms with van der Waals surface area (Å²) in [6, 6.07) is 20.9. The Morgan fingerprint density at radius 1 is 0.897 bits per heavy atom. The number of carbonyl (C=O) groups is 2. The highest BCUT2D eigenvalue weighted by atomic mass is 79.9. The summed E-state index contributed by atoms with van der Waals surface area (Å²) in [6.07, 6.45) is -0.680. The van der Waals surface area contributed by atoms with Crippen molar-refractivity contribution < 1.29 is 19.1 Å². The monoisotopic (exact) mass is 453 g/mol. The van der Waals surface area contributed by atoms with Crippen molar-refractivity contribution in [3.63, 3.8) is 0 Å². The quantitative estimate of drug-likeness (QED) is 0.489. The van der Waals surface area contributed by atoms with E-state index in [-0.39, 0.29) is 11.7 Å². The molecule has 0 saturated heterocycles. The van der Waals surface area contributed by atoms with Crippen molar-refractivity contribution in [3.8, 4) is 11.5 Å². The first-order chi connectivity index (χ1) is 14.0. The van der Waals surface area contributed by atoms with Crippen LogP contribution in [-0.4, -0.2) is 24.9 Å². The molecule has 0 spiro atoms. The van der Waals surface area contributed by atoms with Crippen molar-refractivity contribution >= 4 is 33.3 Å². The van der Waals surface area contributed by atoms with E-state index in [1.165, 1.54) is 0 Å². The Kier molecular flexibility index (Phi) is 6.67. The van der Waals surface area contributed by atoms with E-state index < -0.39 is 6.10 Å². The SMILES string of the molecule is COc1ccc(C(=O)C(C)Oc2cccc(NC(=O)c3ccc(Br)cc3)c2)cc1. The van der Waals surface area contributed by atoms with Gasteiger partial charge in [0.1, 0.15) is 11.5 Å². The predicted octanol–water partition coefficient (Wildman–Crippen LogP) is 5.36. The minimum atomic E-state index is -0.680. The van der Waals surface area contributed by atoms with E-state index in [0.29, 0.717) is 28.3 Å². The van der Waals surface area contributed by atoms with Gasteiger partial charge in [-0.25, -0.2) is 0 Å². The lowest BCUT2D eigenvalue weighted by molar-refractivity contribution is 0.0818. The Morgan fingerprint density at radius 2 is 1.55 bits per heavy atom. The van der Waals surface area contributed by atoms with E-state index in [1.807, 2.05) is 0 Å². The van der Waals surface area contributed by atoms with Crippen LogP contribution in [0.4, 0.5) is 5.69 Å². The number of amides is 1. The van der Waals surface area contributed by atoms with Gasteiger partial charge in [-0.2, -0.15) is 0 Å². The first-order valence-corrected chi connectivity index (χ1v) is 9.77. The third-order valence-electron chi connectivity index (χ3n) is 4.25. The Labute approximate surface area is 177 Å². The second kappa shape index (κ2) is 9.39. The summed E-state index contributed by atoms with van der Waals surface area (Å²) in [6.45, 7) is 1.69. The second-order valence-corrected chi connectivity index (χ2v) is 7.26. The molecule has 0 fully saturated rings. The number of ether oxygens (including phenoxy) is 2. The fourth-order valence-electron chi connectivity index (χ4n) is 2.70. The van der Waals surface area contributed by atoms with Gasteiger partial charge in [0.2, 0.25) is 5.78 Å². The highest BCUT2D eigenvalue weighted by Gasteiger charge is 2.17. The van der Waals surface area contributed by atoms with E-state index in [4.69, 9.17) is 9.47 Å². The van der Waals surface area contributed by atoms with Crippen LogP contribution in [0, 0.1) is 0 Å². The minimum absolute atomic E-state index is 0.142. The van der Waals surface area contributed by atoms with Gasteiger partial charge in [-0.3, -0.25) is 9.59 Å². The van der Waals surface area contributed by atoms with Crippen LogP contribution in [0.1, 0.15) is 27.6 Å². The van der Waals surface area contributed by atoms with Crippen molar-refractivity contribution in [1.82, 2.24) is 0 Å². The zero-order valence-corrected chi connectivity index (χ0v) is 17.6. The average molecular weight is 454 g/mol. The lowest BCUT2D eigenvalue weighted by atomic mass is 10.1. The molecular weight excluding hydrogens is 434 g/mol. The summed E-state index contributed by atoms with van der Waals surface area (Å²) in [5.41, 5.74) is 1.67. The van der Waals surface area contributed by atoms with Gasteiger partial charge >= 0.3 is 0 Å². The Morgan fingerprint density at radius 3 is 2.21 bits per heavy atom. The molecule has 5 nitrogen and oxygen atoms in total. The number of hydrogen-bond donors (Lipinski definition) is 1. The molecule has 0 aromatic heterocycles. The normalized spacial score (nSPS) is 11.4. The van der Waals surface area contributed by atoms with Crippen LogP contribution in [0.5, 0.6) is 11.5 Å². The van der Waals surface area contributed by atoms with Crippen LogP contribution in [0.3, 0.4) is 0 Å². The van der Waals surface area contributed by atoms with Crippen LogP contribution < -0.4 is 14.8 Å². The molecule has 3 rings (SSSR count). The number of benzene rings is 3. The number of halogens is 1. The van der Waals surface area contributed by atoms with E-state index in [0.717, 1.165) is 4.47 Å². The van der Waals surface area contributed by atoms with E-state index >= 15 is 0 Å².